The molecule has 28 heavy (non-hydrogen) atoms. The molecule has 2 aliphatic heterocycles. The molecular formula is C19H27N7O2. The summed E-state index contributed by atoms with van der Waals surface area (Å²) in [4.78, 5) is 22.8. The summed E-state index contributed by atoms with van der Waals surface area (Å²) < 4.78 is 5.42. The minimum atomic E-state index is 0.0744. The Hall–Kier alpha value is -2.39. The molecule has 1 amide bonds. The summed E-state index contributed by atoms with van der Waals surface area (Å²) in [5, 5.41) is 12.5. The molecule has 2 aliphatic rings. The minimum Gasteiger partial charge on any atom is -0.379 e. The summed E-state index contributed by atoms with van der Waals surface area (Å²) in [5.41, 5.74) is 0.843. The highest BCUT2D eigenvalue weighted by molar-refractivity contribution is 5.76. The van der Waals surface area contributed by atoms with Gasteiger partial charge in [-0.2, -0.15) is 4.80 Å². The van der Waals surface area contributed by atoms with Crippen LogP contribution in [-0.2, 0) is 16.1 Å². The number of likely N-dealkylation sites (tertiary alicyclic amines) is 1. The molecule has 9 heteroatoms. The second-order valence-electron chi connectivity index (χ2n) is 7.36. The van der Waals surface area contributed by atoms with Gasteiger partial charge in [-0.3, -0.25) is 14.7 Å². The number of amides is 1. The molecule has 9 nitrogen and oxygen atoms in total. The first kappa shape index (κ1) is 18.9. The topological polar surface area (TPSA) is 89.3 Å². The number of hydrogen-bond donors (Lipinski definition) is 0. The number of carbonyl (C=O) groups is 1. The highest BCUT2D eigenvalue weighted by Gasteiger charge is 2.27. The quantitative estimate of drug-likeness (QED) is 0.728. The molecule has 1 unspecified atom stereocenters. The van der Waals surface area contributed by atoms with Gasteiger partial charge in [0.05, 0.1) is 13.2 Å². The van der Waals surface area contributed by atoms with Crippen molar-refractivity contribution in [1.82, 2.24) is 35.0 Å². The zero-order valence-electron chi connectivity index (χ0n) is 16.1. The number of pyridine rings is 1. The Kier molecular flexibility index (Phi) is 6.23. The van der Waals surface area contributed by atoms with Crippen LogP contribution >= 0.6 is 0 Å². The van der Waals surface area contributed by atoms with E-state index in [2.05, 4.69) is 25.3 Å². The van der Waals surface area contributed by atoms with Crippen LogP contribution in [0.25, 0.3) is 11.4 Å². The number of ether oxygens (including phenoxy) is 1. The summed E-state index contributed by atoms with van der Waals surface area (Å²) in [5.74, 6) is 0.586. The van der Waals surface area contributed by atoms with Crippen LogP contribution in [0.4, 0.5) is 0 Å². The highest BCUT2D eigenvalue weighted by atomic mass is 16.5. The van der Waals surface area contributed by atoms with Crippen molar-refractivity contribution >= 4 is 5.91 Å². The van der Waals surface area contributed by atoms with Gasteiger partial charge in [0, 0.05) is 50.2 Å². The molecule has 0 spiro atoms. The first-order valence-electron chi connectivity index (χ1n) is 10.1. The van der Waals surface area contributed by atoms with E-state index in [0.717, 1.165) is 64.2 Å². The van der Waals surface area contributed by atoms with Crippen molar-refractivity contribution in [1.29, 1.82) is 0 Å². The van der Waals surface area contributed by atoms with Gasteiger partial charge in [0.25, 0.3) is 0 Å². The molecular weight excluding hydrogens is 358 g/mol. The standard InChI is InChI=1S/C19H27N7O2/c27-18(15-26-22-19(21-23-26)16-4-7-20-8-5-16)25-9-2-1-3-17(25)6-10-24-11-13-28-14-12-24/h4-5,7-8,17H,1-3,6,9-15H2. The second-order valence-corrected chi connectivity index (χ2v) is 7.36. The highest BCUT2D eigenvalue weighted by Crippen LogP contribution is 2.21. The van der Waals surface area contributed by atoms with E-state index in [0.29, 0.717) is 11.9 Å². The molecule has 1 atom stereocenters. The Labute approximate surface area is 164 Å². The maximum Gasteiger partial charge on any atom is 0.246 e. The lowest BCUT2D eigenvalue weighted by atomic mass is 9.99. The summed E-state index contributed by atoms with van der Waals surface area (Å²) in [6.07, 6.45) is 7.71. The van der Waals surface area contributed by atoms with Gasteiger partial charge in [0.2, 0.25) is 11.7 Å². The van der Waals surface area contributed by atoms with Gasteiger partial charge in [-0.1, -0.05) is 0 Å². The third kappa shape index (κ3) is 4.71. The number of morpholine rings is 1. The Morgan fingerprint density at radius 1 is 1.14 bits per heavy atom. The number of aromatic nitrogens is 5. The Balaban J connectivity index is 1.35. The van der Waals surface area contributed by atoms with E-state index < -0.39 is 0 Å². The van der Waals surface area contributed by atoms with Crippen molar-refractivity contribution in [3.05, 3.63) is 24.5 Å². The Morgan fingerprint density at radius 2 is 1.96 bits per heavy atom. The largest absolute Gasteiger partial charge is 0.379 e. The molecule has 150 valence electrons. The van der Waals surface area contributed by atoms with Crippen molar-refractivity contribution in [3.63, 3.8) is 0 Å². The lowest BCUT2D eigenvalue weighted by molar-refractivity contribution is -0.136. The van der Waals surface area contributed by atoms with Crippen molar-refractivity contribution in [2.24, 2.45) is 0 Å². The zero-order valence-corrected chi connectivity index (χ0v) is 16.1. The SMILES string of the molecule is O=C(Cn1nnc(-c2ccncc2)n1)N1CCCCC1CCN1CCOCC1. The van der Waals surface area contributed by atoms with Crippen LogP contribution in [0.1, 0.15) is 25.7 Å². The minimum absolute atomic E-state index is 0.0744. The van der Waals surface area contributed by atoms with Crippen LogP contribution < -0.4 is 0 Å². The van der Waals surface area contributed by atoms with Crippen LogP contribution in [0.5, 0.6) is 0 Å². The fourth-order valence-corrected chi connectivity index (χ4v) is 3.92. The molecule has 0 aromatic carbocycles. The van der Waals surface area contributed by atoms with E-state index in [-0.39, 0.29) is 12.5 Å². The van der Waals surface area contributed by atoms with Crippen LogP contribution in [0.15, 0.2) is 24.5 Å². The molecule has 0 radical (unpaired) electrons. The third-order valence-corrected chi connectivity index (χ3v) is 5.50. The first-order valence-corrected chi connectivity index (χ1v) is 10.1. The van der Waals surface area contributed by atoms with E-state index in [1.54, 1.807) is 12.4 Å². The van der Waals surface area contributed by atoms with Crippen LogP contribution in [-0.4, -0.2) is 86.3 Å². The smallest absolute Gasteiger partial charge is 0.246 e. The monoisotopic (exact) mass is 385 g/mol. The lowest BCUT2D eigenvalue weighted by Crippen LogP contribution is -2.47. The average molecular weight is 385 g/mol. The molecule has 0 N–H and O–H groups in total. The molecule has 4 heterocycles. The van der Waals surface area contributed by atoms with Gasteiger partial charge in [-0.05, 0) is 43.0 Å². The predicted molar refractivity (Wildman–Crippen MR) is 102 cm³/mol. The maximum absolute atomic E-state index is 12.9. The van der Waals surface area contributed by atoms with Gasteiger partial charge in [-0.15, -0.1) is 10.2 Å². The number of hydrogen-bond acceptors (Lipinski definition) is 7. The van der Waals surface area contributed by atoms with E-state index in [9.17, 15) is 4.79 Å². The molecule has 0 bridgehead atoms. The zero-order chi connectivity index (χ0) is 19.2. The normalized spacial score (nSPS) is 21.0. The van der Waals surface area contributed by atoms with Gasteiger partial charge >= 0.3 is 0 Å². The number of rotatable bonds is 6. The van der Waals surface area contributed by atoms with E-state index in [4.69, 9.17) is 4.74 Å². The van der Waals surface area contributed by atoms with Crippen molar-refractivity contribution in [2.45, 2.75) is 38.3 Å². The molecule has 0 saturated carbocycles. The molecule has 2 aromatic heterocycles. The average Bonchev–Trinajstić information content (AvgIpc) is 3.22. The summed E-state index contributed by atoms with van der Waals surface area (Å²) in [6.45, 7) is 5.56. The molecule has 4 rings (SSSR count). The molecule has 2 saturated heterocycles. The molecule has 2 aromatic rings. The molecule has 2 fully saturated rings. The van der Waals surface area contributed by atoms with Crippen LogP contribution in [0.2, 0.25) is 0 Å². The second kappa shape index (κ2) is 9.20. The van der Waals surface area contributed by atoms with E-state index in [1.165, 1.54) is 11.2 Å². The Morgan fingerprint density at radius 3 is 2.79 bits per heavy atom. The van der Waals surface area contributed by atoms with Crippen molar-refractivity contribution < 1.29 is 9.53 Å². The fraction of sp³-hybridized carbons (Fsp3) is 0.632. The first-order chi connectivity index (χ1) is 13.8. The van der Waals surface area contributed by atoms with E-state index in [1.807, 2.05) is 17.0 Å². The van der Waals surface area contributed by atoms with Gasteiger partial charge in [0.1, 0.15) is 6.54 Å². The maximum atomic E-state index is 12.9. The van der Waals surface area contributed by atoms with Gasteiger partial charge in [0.15, 0.2) is 0 Å². The number of carbonyl (C=O) groups excluding carboxylic acids is 1. The van der Waals surface area contributed by atoms with E-state index >= 15 is 0 Å². The van der Waals surface area contributed by atoms with Crippen molar-refractivity contribution in [2.75, 3.05) is 39.4 Å². The predicted octanol–water partition coefficient (Wildman–Crippen LogP) is 0.839. The fourth-order valence-electron chi connectivity index (χ4n) is 3.92. The third-order valence-electron chi connectivity index (χ3n) is 5.50. The number of piperidine rings is 1. The summed E-state index contributed by atoms with van der Waals surface area (Å²) in [6, 6.07) is 3.96. The number of nitrogens with zero attached hydrogens (tertiary/aromatic N) is 7. The van der Waals surface area contributed by atoms with Crippen molar-refractivity contribution in [3.8, 4) is 11.4 Å². The number of tetrazole rings is 1. The summed E-state index contributed by atoms with van der Waals surface area (Å²) in [7, 11) is 0. The van der Waals surface area contributed by atoms with Gasteiger partial charge in [-0.25, -0.2) is 0 Å². The summed E-state index contributed by atoms with van der Waals surface area (Å²) >= 11 is 0. The van der Waals surface area contributed by atoms with Crippen LogP contribution in [0.3, 0.4) is 0 Å². The molecule has 0 aliphatic carbocycles. The van der Waals surface area contributed by atoms with Crippen LogP contribution in [0, 0.1) is 0 Å². The lowest BCUT2D eigenvalue weighted by Gasteiger charge is -2.37. The Bertz CT molecular complexity index is 761. The van der Waals surface area contributed by atoms with Gasteiger partial charge < -0.3 is 9.64 Å².